The number of benzene rings is 3. The van der Waals surface area contributed by atoms with Gasteiger partial charge in [-0.15, -0.1) is 0 Å². The van der Waals surface area contributed by atoms with Gasteiger partial charge in [0.2, 0.25) is 5.09 Å². The van der Waals surface area contributed by atoms with E-state index < -0.39 is 20.0 Å². The third kappa shape index (κ3) is 4.56. The van der Waals surface area contributed by atoms with Crippen molar-refractivity contribution in [3.05, 3.63) is 82.3 Å². The van der Waals surface area contributed by atoms with E-state index >= 15 is 0 Å². The van der Waals surface area contributed by atoms with Crippen LogP contribution in [0.15, 0.2) is 81.1 Å². The smallest absolute Gasteiger partial charge is 0.295 e. The second kappa shape index (κ2) is 8.32. The average molecular weight is 511 g/mol. The highest BCUT2D eigenvalue weighted by molar-refractivity contribution is 7.93. The van der Waals surface area contributed by atoms with Crippen molar-refractivity contribution in [1.29, 1.82) is 0 Å². The van der Waals surface area contributed by atoms with E-state index in [9.17, 15) is 16.8 Å². The Hall–Kier alpha value is -2.72. The molecular weight excluding hydrogens is 495 g/mol. The highest BCUT2D eigenvalue weighted by atomic mass is 35.5. The van der Waals surface area contributed by atoms with Crippen LogP contribution in [-0.4, -0.2) is 16.8 Å². The van der Waals surface area contributed by atoms with Crippen LogP contribution in [0.2, 0.25) is 10.0 Å². The molecule has 0 radical (unpaired) electrons. The number of sulfonamides is 2. The monoisotopic (exact) mass is 510 g/mol. The van der Waals surface area contributed by atoms with Gasteiger partial charge in [-0.3, -0.25) is 9.44 Å². The van der Waals surface area contributed by atoms with Crippen molar-refractivity contribution < 1.29 is 21.3 Å². The number of anilines is 2. The zero-order valence-corrected chi connectivity index (χ0v) is 19.6. The van der Waals surface area contributed by atoms with Gasteiger partial charge < -0.3 is 4.42 Å². The molecule has 0 fully saturated rings. The molecule has 166 valence electrons. The third-order valence-electron chi connectivity index (χ3n) is 4.58. The van der Waals surface area contributed by atoms with Crippen molar-refractivity contribution in [2.24, 2.45) is 0 Å². The van der Waals surface area contributed by atoms with Gasteiger partial charge in [-0.05, 0) is 55.0 Å². The molecule has 0 spiro atoms. The molecule has 1 heterocycles. The first kappa shape index (κ1) is 22.5. The van der Waals surface area contributed by atoms with Crippen molar-refractivity contribution in [3.8, 4) is 0 Å². The first-order valence-electron chi connectivity index (χ1n) is 9.15. The summed E-state index contributed by atoms with van der Waals surface area (Å²) >= 11 is 12.0. The molecule has 4 aromatic rings. The Morgan fingerprint density at radius 1 is 0.781 bits per heavy atom. The predicted molar refractivity (Wildman–Crippen MR) is 125 cm³/mol. The fourth-order valence-electron chi connectivity index (χ4n) is 2.96. The predicted octanol–water partition coefficient (Wildman–Crippen LogP) is 5.65. The molecule has 0 atom stereocenters. The highest BCUT2D eigenvalue weighted by Gasteiger charge is 2.23. The molecule has 0 amide bonds. The van der Waals surface area contributed by atoms with E-state index in [2.05, 4.69) is 9.44 Å². The van der Waals surface area contributed by atoms with Gasteiger partial charge in [-0.2, -0.15) is 8.42 Å². The van der Waals surface area contributed by atoms with Crippen LogP contribution in [0.4, 0.5) is 11.4 Å². The number of halogens is 2. The Morgan fingerprint density at radius 2 is 1.50 bits per heavy atom. The Labute approximate surface area is 195 Å². The van der Waals surface area contributed by atoms with Crippen LogP contribution in [0, 0.1) is 6.92 Å². The highest BCUT2D eigenvalue weighted by Crippen LogP contribution is 2.32. The Balaban J connectivity index is 1.69. The lowest BCUT2D eigenvalue weighted by Crippen LogP contribution is -2.17. The topological polar surface area (TPSA) is 105 Å². The molecule has 1 aromatic heterocycles. The molecule has 7 nitrogen and oxygen atoms in total. The van der Waals surface area contributed by atoms with Crippen LogP contribution in [0.1, 0.15) is 5.56 Å². The van der Waals surface area contributed by atoms with Crippen molar-refractivity contribution >= 4 is 65.6 Å². The quantitative estimate of drug-likeness (QED) is 0.348. The molecule has 0 aliphatic heterocycles. The van der Waals surface area contributed by atoms with Crippen molar-refractivity contribution in [3.63, 3.8) is 0 Å². The minimum Gasteiger partial charge on any atom is -0.443 e. The van der Waals surface area contributed by atoms with E-state index in [-0.39, 0.29) is 26.4 Å². The van der Waals surface area contributed by atoms with Gasteiger partial charge in [-0.1, -0.05) is 41.4 Å². The fraction of sp³-hybridized carbons (Fsp3) is 0.0476. The van der Waals surface area contributed by atoms with Gasteiger partial charge in [0.1, 0.15) is 5.58 Å². The van der Waals surface area contributed by atoms with E-state index in [1.54, 1.807) is 31.2 Å². The molecule has 0 bridgehead atoms. The maximum atomic E-state index is 12.9. The summed E-state index contributed by atoms with van der Waals surface area (Å²) in [4.78, 5) is -0.0274. The second-order valence-corrected chi connectivity index (χ2v) is 11.1. The zero-order valence-electron chi connectivity index (χ0n) is 16.5. The molecule has 0 aliphatic carbocycles. The molecule has 32 heavy (non-hydrogen) atoms. The molecule has 0 saturated heterocycles. The summed E-state index contributed by atoms with van der Waals surface area (Å²) in [6.45, 7) is 1.68. The Bertz CT molecular complexity index is 1510. The van der Waals surface area contributed by atoms with Crippen molar-refractivity contribution in [2.75, 3.05) is 9.44 Å². The second-order valence-electron chi connectivity index (χ2n) is 6.92. The summed E-state index contributed by atoms with van der Waals surface area (Å²) in [6, 6.07) is 16.5. The average Bonchev–Trinajstić information content (AvgIpc) is 3.17. The summed E-state index contributed by atoms with van der Waals surface area (Å²) < 4.78 is 61.7. The number of fused-ring (bicyclic) bond motifs is 1. The van der Waals surface area contributed by atoms with Gasteiger partial charge in [0.15, 0.2) is 0 Å². The summed E-state index contributed by atoms with van der Waals surface area (Å²) in [5.41, 5.74) is 0.906. The van der Waals surface area contributed by atoms with Crippen LogP contribution in [0.5, 0.6) is 0 Å². The lowest BCUT2D eigenvalue weighted by atomic mass is 10.2. The van der Waals surface area contributed by atoms with Crippen LogP contribution in [0.25, 0.3) is 11.0 Å². The standard InChI is InChI=1S/C21H16Cl2N2O5S2/c1-13-10-16(7-8-17(13)23)31(26,27)24-18-9-6-15(22)12-19(18)25-32(28,29)21-11-14-4-2-3-5-20(14)30-21/h2-12,24-25H,1H3. The molecular formula is C21H16Cl2N2O5S2. The van der Waals surface area contributed by atoms with E-state index in [1.807, 2.05) is 0 Å². The summed E-state index contributed by atoms with van der Waals surface area (Å²) in [6.07, 6.45) is 0. The molecule has 0 unspecified atom stereocenters. The first-order valence-corrected chi connectivity index (χ1v) is 12.9. The fourth-order valence-corrected chi connectivity index (χ4v) is 5.46. The SMILES string of the molecule is Cc1cc(S(=O)(=O)Nc2ccc(Cl)cc2NS(=O)(=O)c2cc3ccccc3o2)ccc1Cl. The number of hydrogen-bond donors (Lipinski definition) is 2. The Kier molecular flexibility index (Phi) is 5.85. The van der Waals surface area contributed by atoms with Crippen LogP contribution < -0.4 is 9.44 Å². The normalized spacial score (nSPS) is 12.1. The molecule has 11 heteroatoms. The van der Waals surface area contributed by atoms with Gasteiger partial charge in [0, 0.05) is 21.5 Å². The van der Waals surface area contributed by atoms with Crippen LogP contribution in [-0.2, 0) is 20.0 Å². The Morgan fingerprint density at radius 3 is 2.22 bits per heavy atom. The van der Waals surface area contributed by atoms with E-state index in [0.717, 1.165) is 0 Å². The minimum atomic E-state index is -4.17. The van der Waals surface area contributed by atoms with Gasteiger partial charge in [-0.25, -0.2) is 8.42 Å². The lowest BCUT2D eigenvalue weighted by Gasteiger charge is -2.15. The van der Waals surface area contributed by atoms with Crippen LogP contribution in [0.3, 0.4) is 0 Å². The zero-order chi connectivity index (χ0) is 23.1. The number of para-hydroxylation sites is 1. The van der Waals surface area contributed by atoms with Gasteiger partial charge >= 0.3 is 0 Å². The van der Waals surface area contributed by atoms with Crippen molar-refractivity contribution in [1.82, 2.24) is 0 Å². The minimum absolute atomic E-state index is 0.0123. The maximum Gasteiger partial charge on any atom is 0.295 e. The van der Waals surface area contributed by atoms with Crippen molar-refractivity contribution in [2.45, 2.75) is 16.9 Å². The number of furan rings is 1. The molecule has 0 aliphatic rings. The van der Waals surface area contributed by atoms with Gasteiger partial charge in [0.05, 0.1) is 16.3 Å². The number of nitrogens with one attached hydrogen (secondary N) is 2. The van der Waals surface area contributed by atoms with Crippen LogP contribution >= 0.6 is 23.2 Å². The molecule has 2 N–H and O–H groups in total. The van der Waals surface area contributed by atoms with Gasteiger partial charge in [0.25, 0.3) is 20.0 Å². The lowest BCUT2D eigenvalue weighted by molar-refractivity contribution is 0.484. The summed E-state index contributed by atoms with van der Waals surface area (Å²) in [7, 11) is -8.21. The number of aryl methyl sites for hydroxylation is 1. The van der Waals surface area contributed by atoms with E-state index in [0.29, 0.717) is 21.6 Å². The van der Waals surface area contributed by atoms with E-state index in [1.165, 1.54) is 42.5 Å². The first-order chi connectivity index (χ1) is 15.0. The molecule has 4 rings (SSSR count). The molecule has 0 saturated carbocycles. The third-order valence-corrected chi connectivity index (χ3v) is 7.82. The van der Waals surface area contributed by atoms with E-state index in [4.69, 9.17) is 27.6 Å². The largest absolute Gasteiger partial charge is 0.443 e. The maximum absolute atomic E-state index is 12.9. The number of rotatable bonds is 6. The molecule has 3 aromatic carbocycles. The number of hydrogen-bond acceptors (Lipinski definition) is 5. The summed E-state index contributed by atoms with van der Waals surface area (Å²) in [5, 5.41) is 0.922. The summed E-state index contributed by atoms with van der Waals surface area (Å²) in [5.74, 6) is 0.